The van der Waals surface area contributed by atoms with Gasteiger partial charge in [0.1, 0.15) is 11.2 Å². The van der Waals surface area contributed by atoms with E-state index in [0.29, 0.717) is 0 Å². The number of aromatic nitrogens is 1. The maximum Gasteiger partial charge on any atom is 0.144 e. The van der Waals surface area contributed by atoms with Crippen LogP contribution >= 0.6 is 0 Å². The van der Waals surface area contributed by atoms with Gasteiger partial charge < -0.3 is 4.42 Å². The van der Waals surface area contributed by atoms with Gasteiger partial charge in [-0.25, -0.2) is 0 Å². The second-order valence-corrected chi connectivity index (χ2v) is 10.0. The van der Waals surface area contributed by atoms with Crippen molar-refractivity contribution in [2.24, 2.45) is 0 Å². The van der Waals surface area contributed by atoms with Crippen LogP contribution in [0.3, 0.4) is 0 Å². The van der Waals surface area contributed by atoms with Gasteiger partial charge in [-0.05, 0) is 80.2 Å². The Morgan fingerprint density at radius 1 is 0.500 bits per heavy atom. The highest BCUT2D eigenvalue weighted by Crippen LogP contribution is 2.39. The van der Waals surface area contributed by atoms with Gasteiger partial charge in [0.15, 0.2) is 0 Å². The van der Waals surface area contributed by atoms with Crippen molar-refractivity contribution in [3.63, 3.8) is 0 Å². The van der Waals surface area contributed by atoms with Crippen molar-refractivity contribution >= 4 is 54.3 Å². The summed E-state index contributed by atoms with van der Waals surface area (Å²) in [5.74, 6) is 0. The van der Waals surface area contributed by atoms with Gasteiger partial charge in [-0.15, -0.1) is 0 Å². The summed E-state index contributed by atoms with van der Waals surface area (Å²) >= 11 is 0. The maximum atomic E-state index is 6.32. The number of rotatable bonds is 2. The minimum atomic E-state index is 0.881. The Balaban J connectivity index is 1.37. The van der Waals surface area contributed by atoms with Crippen LogP contribution in [0.5, 0.6) is 0 Å². The molecule has 0 unspecified atom stereocenters. The zero-order valence-electron chi connectivity index (χ0n) is 20.9. The highest BCUT2D eigenvalue weighted by Gasteiger charge is 2.15. The molecular formula is C36H23NO. The maximum absolute atomic E-state index is 6.32. The fraction of sp³-hybridized carbons (Fsp3) is 0.0278. The van der Waals surface area contributed by atoms with Crippen molar-refractivity contribution in [2.45, 2.75) is 6.92 Å². The SMILES string of the molecule is Cc1cnc(-c2cccc3c2oc2ccccc23)cc1-c1ccc2c3ccccc3c3ccccc3c2c1. The normalized spacial score (nSPS) is 11.8. The summed E-state index contributed by atoms with van der Waals surface area (Å²) < 4.78 is 6.32. The Morgan fingerprint density at radius 3 is 1.84 bits per heavy atom. The average molecular weight is 486 g/mol. The van der Waals surface area contributed by atoms with Crippen molar-refractivity contribution in [3.05, 3.63) is 127 Å². The van der Waals surface area contributed by atoms with E-state index in [9.17, 15) is 0 Å². The first-order chi connectivity index (χ1) is 18.8. The van der Waals surface area contributed by atoms with Crippen LogP contribution in [0.4, 0.5) is 0 Å². The highest BCUT2D eigenvalue weighted by molar-refractivity contribution is 6.25. The summed E-state index contributed by atoms with van der Waals surface area (Å²) in [6.45, 7) is 2.14. The quantitative estimate of drug-likeness (QED) is 0.228. The number of furan rings is 1. The number of hydrogen-bond acceptors (Lipinski definition) is 2. The Morgan fingerprint density at radius 2 is 1.11 bits per heavy atom. The molecule has 0 aliphatic carbocycles. The number of para-hydroxylation sites is 2. The first-order valence-corrected chi connectivity index (χ1v) is 13.0. The summed E-state index contributed by atoms with van der Waals surface area (Å²) in [5.41, 5.74) is 7.23. The Labute approximate surface area is 219 Å². The molecule has 0 spiro atoms. The molecule has 178 valence electrons. The molecule has 0 radical (unpaired) electrons. The molecule has 2 nitrogen and oxygen atoms in total. The molecule has 8 aromatic rings. The van der Waals surface area contributed by atoms with E-state index in [2.05, 4.69) is 110 Å². The van der Waals surface area contributed by atoms with E-state index < -0.39 is 0 Å². The number of fused-ring (bicyclic) bond motifs is 9. The number of aryl methyl sites for hydroxylation is 1. The largest absolute Gasteiger partial charge is 0.455 e. The molecule has 0 fully saturated rings. The topological polar surface area (TPSA) is 26.0 Å². The predicted octanol–water partition coefficient (Wildman–Crippen LogP) is 10.1. The first kappa shape index (κ1) is 21.2. The molecule has 0 atom stereocenters. The summed E-state index contributed by atoms with van der Waals surface area (Å²) in [7, 11) is 0. The number of hydrogen-bond donors (Lipinski definition) is 0. The molecule has 2 heterocycles. The van der Waals surface area contributed by atoms with Crippen LogP contribution in [0.1, 0.15) is 5.56 Å². The highest BCUT2D eigenvalue weighted by atomic mass is 16.3. The van der Waals surface area contributed by atoms with Crippen LogP contribution in [-0.4, -0.2) is 4.98 Å². The zero-order valence-corrected chi connectivity index (χ0v) is 20.9. The average Bonchev–Trinajstić information content (AvgIpc) is 3.36. The van der Waals surface area contributed by atoms with Crippen LogP contribution in [0.2, 0.25) is 0 Å². The summed E-state index contributed by atoms with van der Waals surface area (Å²) in [4.78, 5) is 4.85. The van der Waals surface area contributed by atoms with Gasteiger partial charge in [0.25, 0.3) is 0 Å². The van der Waals surface area contributed by atoms with Crippen molar-refractivity contribution in [3.8, 4) is 22.4 Å². The van der Waals surface area contributed by atoms with Crippen LogP contribution in [0.15, 0.2) is 126 Å². The summed E-state index contributed by atoms with van der Waals surface area (Å²) in [6.07, 6.45) is 1.98. The lowest BCUT2D eigenvalue weighted by Gasteiger charge is -2.13. The van der Waals surface area contributed by atoms with Crippen molar-refractivity contribution in [1.82, 2.24) is 4.98 Å². The Hall–Kier alpha value is -4.95. The monoisotopic (exact) mass is 485 g/mol. The molecule has 6 aromatic carbocycles. The second-order valence-electron chi connectivity index (χ2n) is 10.0. The fourth-order valence-electron chi connectivity index (χ4n) is 6.01. The molecule has 0 aliphatic heterocycles. The van der Waals surface area contributed by atoms with Gasteiger partial charge in [-0.3, -0.25) is 4.98 Å². The molecule has 8 rings (SSSR count). The molecule has 0 N–H and O–H groups in total. The third-order valence-electron chi connectivity index (χ3n) is 7.84. The standard InChI is InChI=1S/C36H23NO/c1-22-21-37-34(31-15-8-14-30-29-13-6-7-16-35(29)38-36(30)31)20-32(22)23-17-18-28-26-11-3-2-9-24(26)25-10-4-5-12-27(25)33(28)19-23/h2-21H,1H3. The van der Waals surface area contributed by atoms with Crippen molar-refractivity contribution < 1.29 is 4.42 Å². The molecule has 0 aliphatic rings. The van der Waals surface area contributed by atoms with Crippen LogP contribution in [-0.2, 0) is 0 Å². The van der Waals surface area contributed by atoms with Crippen LogP contribution in [0.25, 0.3) is 76.6 Å². The lowest BCUT2D eigenvalue weighted by molar-refractivity contribution is 0.670. The lowest BCUT2D eigenvalue weighted by Crippen LogP contribution is -1.91. The Kier molecular flexibility index (Phi) is 4.47. The smallest absolute Gasteiger partial charge is 0.144 e. The summed E-state index contributed by atoms with van der Waals surface area (Å²) in [5, 5.41) is 9.95. The molecule has 2 aromatic heterocycles. The second kappa shape index (κ2) is 8.03. The van der Waals surface area contributed by atoms with Gasteiger partial charge in [-0.1, -0.05) is 91.0 Å². The first-order valence-electron chi connectivity index (χ1n) is 13.0. The lowest BCUT2D eigenvalue weighted by atomic mass is 9.91. The van der Waals surface area contributed by atoms with E-state index in [-0.39, 0.29) is 0 Å². The number of pyridine rings is 1. The third kappa shape index (κ3) is 3.04. The van der Waals surface area contributed by atoms with Crippen molar-refractivity contribution in [2.75, 3.05) is 0 Å². The Bertz CT molecular complexity index is 2170. The zero-order chi connectivity index (χ0) is 25.2. The van der Waals surface area contributed by atoms with E-state index in [1.807, 2.05) is 18.3 Å². The molecule has 0 saturated carbocycles. The van der Waals surface area contributed by atoms with E-state index in [1.54, 1.807) is 0 Å². The number of benzene rings is 6. The predicted molar refractivity (Wildman–Crippen MR) is 160 cm³/mol. The van der Waals surface area contributed by atoms with E-state index in [0.717, 1.165) is 38.8 Å². The van der Waals surface area contributed by atoms with Gasteiger partial charge in [0, 0.05) is 22.5 Å². The molecular weight excluding hydrogens is 462 g/mol. The molecule has 0 amide bonds. The molecule has 38 heavy (non-hydrogen) atoms. The van der Waals surface area contributed by atoms with E-state index in [4.69, 9.17) is 9.40 Å². The summed E-state index contributed by atoms with van der Waals surface area (Å²) in [6, 6.07) is 41.0. The van der Waals surface area contributed by atoms with Crippen molar-refractivity contribution in [1.29, 1.82) is 0 Å². The van der Waals surface area contributed by atoms with Gasteiger partial charge in [0.2, 0.25) is 0 Å². The molecule has 0 saturated heterocycles. The minimum Gasteiger partial charge on any atom is -0.455 e. The third-order valence-corrected chi connectivity index (χ3v) is 7.84. The van der Waals surface area contributed by atoms with E-state index >= 15 is 0 Å². The van der Waals surface area contributed by atoms with Crippen LogP contribution < -0.4 is 0 Å². The fourth-order valence-corrected chi connectivity index (χ4v) is 6.01. The van der Waals surface area contributed by atoms with Gasteiger partial charge in [-0.2, -0.15) is 0 Å². The van der Waals surface area contributed by atoms with Crippen LogP contribution in [0, 0.1) is 6.92 Å². The molecule has 0 bridgehead atoms. The van der Waals surface area contributed by atoms with E-state index in [1.165, 1.54) is 43.4 Å². The van der Waals surface area contributed by atoms with Gasteiger partial charge in [0.05, 0.1) is 5.69 Å². The minimum absolute atomic E-state index is 0.881. The number of nitrogens with zero attached hydrogens (tertiary/aromatic N) is 1. The van der Waals surface area contributed by atoms with Gasteiger partial charge >= 0.3 is 0 Å². The molecule has 2 heteroatoms.